The highest BCUT2D eigenvalue weighted by molar-refractivity contribution is 6.18. The summed E-state index contributed by atoms with van der Waals surface area (Å²) in [4.78, 5) is 68.4. The fourth-order valence-electron chi connectivity index (χ4n) is 7.45. The fraction of sp³-hybridized carbons (Fsp3) is 0.314. The van der Waals surface area contributed by atoms with Crippen LogP contribution in [0, 0.1) is 0 Å². The van der Waals surface area contributed by atoms with E-state index in [1.807, 2.05) is 48.5 Å². The molecule has 5 aromatic carbocycles. The maximum absolute atomic E-state index is 14.0. The van der Waals surface area contributed by atoms with Crippen LogP contribution in [-0.4, -0.2) is 81.8 Å². The van der Waals surface area contributed by atoms with Crippen LogP contribution in [-0.2, 0) is 22.7 Å². The summed E-state index contributed by atoms with van der Waals surface area (Å²) in [5.74, 6) is -5.04. The molecule has 340 valence electrons. The lowest BCUT2D eigenvalue weighted by Crippen LogP contribution is -2.44. The number of nitrogens with one attached hydrogen (secondary N) is 1. The predicted octanol–water partition coefficient (Wildman–Crippen LogP) is 9.10. The standard InChI is InChI=1S/C51H54N2O12/c1-2-3-4-5-6-7-8-15-27-62-43-29-37(28-42(55)46(43)47(56)45-39(49(58)59)21-16-22-41(45)54)50(60)65-44-31-53(51(61)64-33-35-19-13-10-14-20-35)30-40(44)52-48(57)36-23-25-38(26-24-36)63-32-34-17-11-9-12-18-34/h9-14,16-26,28-29,40,44,54-55H,2-8,15,27,30-33H2,1H3,(H,52,57)(H,58,59). The minimum atomic E-state index is -1.48. The van der Waals surface area contributed by atoms with E-state index in [1.54, 1.807) is 36.4 Å². The number of ether oxygens (including phenoxy) is 4. The number of phenolic OH excluding ortho intramolecular Hbond substituents is 2. The molecule has 5 aromatic rings. The molecule has 2 unspecified atom stereocenters. The van der Waals surface area contributed by atoms with Gasteiger partial charge in [0.15, 0.2) is 0 Å². The summed E-state index contributed by atoms with van der Waals surface area (Å²) in [6.07, 6.45) is 6.21. The Kier molecular flexibility index (Phi) is 16.9. The lowest BCUT2D eigenvalue weighted by Gasteiger charge is -2.21. The number of hydrogen-bond donors (Lipinski definition) is 4. The van der Waals surface area contributed by atoms with Crippen LogP contribution in [0.5, 0.6) is 23.0 Å². The Balaban J connectivity index is 1.21. The summed E-state index contributed by atoms with van der Waals surface area (Å²) < 4.78 is 23.4. The maximum atomic E-state index is 14.0. The number of aromatic hydroxyl groups is 2. The summed E-state index contributed by atoms with van der Waals surface area (Å²) in [7, 11) is 0. The van der Waals surface area contributed by atoms with E-state index in [0.717, 1.165) is 67.9 Å². The van der Waals surface area contributed by atoms with E-state index in [2.05, 4.69) is 12.2 Å². The van der Waals surface area contributed by atoms with Gasteiger partial charge >= 0.3 is 18.0 Å². The minimum Gasteiger partial charge on any atom is -0.507 e. The number of benzene rings is 5. The van der Waals surface area contributed by atoms with Gasteiger partial charge in [-0.25, -0.2) is 14.4 Å². The molecule has 1 saturated heterocycles. The number of carbonyl (C=O) groups is 5. The molecule has 6 rings (SSSR count). The molecule has 2 atom stereocenters. The molecule has 0 aliphatic carbocycles. The third-order valence-electron chi connectivity index (χ3n) is 11.0. The number of unbranched alkanes of at least 4 members (excludes halogenated alkanes) is 7. The first-order valence-corrected chi connectivity index (χ1v) is 21.9. The normalized spacial score (nSPS) is 14.3. The molecule has 0 spiro atoms. The molecular weight excluding hydrogens is 833 g/mol. The van der Waals surface area contributed by atoms with Crippen molar-refractivity contribution < 1.29 is 58.2 Å². The van der Waals surface area contributed by atoms with Gasteiger partial charge < -0.3 is 44.5 Å². The number of likely N-dealkylation sites (tertiary alicyclic amines) is 1. The first-order chi connectivity index (χ1) is 31.5. The number of ketones is 1. The van der Waals surface area contributed by atoms with Crippen molar-refractivity contribution in [2.75, 3.05) is 19.7 Å². The number of amides is 2. The van der Waals surface area contributed by atoms with Crippen molar-refractivity contribution in [3.63, 3.8) is 0 Å². The molecule has 1 aliphatic rings. The van der Waals surface area contributed by atoms with Gasteiger partial charge in [0.2, 0.25) is 5.78 Å². The Morgan fingerprint density at radius 2 is 1.31 bits per heavy atom. The molecule has 14 heteroatoms. The summed E-state index contributed by atoms with van der Waals surface area (Å²) in [6, 6.07) is 30.0. The van der Waals surface area contributed by atoms with Gasteiger partial charge in [0, 0.05) is 12.1 Å². The van der Waals surface area contributed by atoms with Crippen molar-refractivity contribution in [2.24, 2.45) is 0 Å². The van der Waals surface area contributed by atoms with Gasteiger partial charge in [0.1, 0.15) is 47.9 Å². The predicted molar refractivity (Wildman–Crippen MR) is 241 cm³/mol. The average molecular weight is 887 g/mol. The third kappa shape index (κ3) is 13.1. The topological polar surface area (TPSA) is 198 Å². The number of rotatable bonds is 22. The number of aromatic carboxylic acids is 1. The van der Waals surface area contributed by atoms with Gasteiger partial charge in [0.05, 0.1) is 35.9 Å². The number of carboxylic acid groups (broad SMARTS) is 1. The number of phenols is 2. The highest BCUT2D eigenvalue weighted by Gasteiger charge is 2.40. The average Bonchev–Trinajstić information content (AvgIpc) is 3.71. The van der Waals surface area contributed by atoms with Gasteiger partial charge in [0.25, 0.3) is 5.91 Å². The van der Waals surface area contributed by atoms with E-state index >= 15 is 0 Å². The van der Waals surface area contributed by atoms with Crippen molar-refractivity contribution in [3.05, 3.63) is 154 Å². The van der Waals surface area contributed by atoms with E-state index < -0.39 is 70.1 Å². The largest absolute Gasteiger partial charge is 0.507 e. The van der Waals surface area contributed by atoms with Crippen molar-refractivity contribution in [3.8, 4) is 23.0 Å². The lowest BCUT2D eigenvalue weighted by atomic mass is 9.95. The molecule has 0 radical (unpaired) electrons. The van der Waals surface area contributed by atoms with Crippen molar-refractivity contribution in [1.82, 2.24) is 10.2 Å². The molecule has 2 amide bonds. The van der Waals surface area contributed by atoms with Crippen LogP contribution in [0.4, 0.5) is 4.79 Å². The second-order valence-electron chi connectivity index (χ2n) is 15.8. The summed E-state index contributed by atoms with van der Waals surface area (Å²) in [5, 5.41) is 34.7. The van der Waals surface area contributed by atoms with E-state index in [1.165, 1.54) is 23.5 Å². The van der Waals surface area contributed by atoms with Crippen LogP contribution in [0.2, 0.25) is 0 Å². The molecule has 1 heterocycles. The van der Waals surface area contributed by atoms with Crippen molar-refractivity contribution in [1.29, 1.82) is 0 Å². The third-order valence-corrected chi connectivity index (χ3v) is 11.0. The van der Waals surface area contributed by atoms with Crippen LogP contribution in [0.25, 0.3) is 0 Å². The zero-order valence-electron chi connectivity index (χ0n) is 36.3. The number of hydrogen-bond acceptors (Lipinski definition) is 11. The van der Waals surface area contributed by atoms with Crippen LogP contribution in [0.1, 0.15) is 116 Å². The molecule has 4 N–H and O–H groups in total. The monoisotopic (exact) mass is 886 g/mol. The Morgan fingerprint density at radius 1 is 0.662 bits per heavy atom. The zero-order chi connectivity index (χ0) is 46.1. The van der Waals surface area contributed by atoms with E-state index in [0.29, 0.717) is 18.8 Å². The lowest BCUT2D eigenvalue weighted by molar-refractivity contribution is 0.0259. The molecule has 65 heavy (non-hydrogen) atoms. The molecule has 14 nitrogen and oxygen atoms in total. The number of carbonyl (C=O) groups excluding carboxylic acids is 4. The Bertz CT molecular complexity index is 2410. The molecule has 1 fully saturated rings. The van der Waals surface area contributed by atoms with Gasteiger partial charge in [-0.3, -0.25) is 9.59 Å². The second kappa shape index (κ2) is 23.4. The molecule has 0 bridgehead atoms. The minimum absolute atomic E-state index is 0.0167. The van der Waals surface area contributed by atoms with Crippen molar-refractivity contribution in [2.45, 2.75) is 83.6 Å². The van der Waals surface area contributed by atoms with Crippen molar-refractivity contribution >= 4 is 29.7 Å². The molecule has 0 aromatic heterocycles. The van der Waals surface area contributed by atoms with Crippen LogP contribution in [0.3, 0.4) is 0 Å². The smallest absolute Gasteiger partial charge is 0.410 e. The van der Waals surface area contributed by atoms with Crippen LogP contribution in [0.15, 0.2) is 115 Å². The molecule has 0 saturated carbocycles. The molecule has 1 aliphatic heterocycles. The number of carboxylic acids is 1. The molecular formula is C51H54N2O12. The van der Waals surface area contributed by atoms with E-state index in [9.17, 15) is 39.3 Å². The highest BCUT2D eigenvalue weighted by Crippen LogP contribution is 2.36. The van der Waals surface area contributed by atoms with Gasteiger partial charge in [-0.15, -0.1) is 0 Å². The summed E-state index contributed by atoms with van der Waals surface area (Å²) in [6.45, 7) is 2.33. The number of nitrogens with zero attached hydrogens (tertiary/aromatic N) is 1. The van der Waals surface area contributed by atoms with E-state index in [-0.39, 0.29) is 43.2 Å². The first kappa shape index (κ1) is 47.1. The van der Waals surface area contributed by atoms with E-state index in [4.69, 9.17) is 18.9 Å². The Hall–Kier alpha value is -7.35. The maximum Gasteiger partial charge on any atom is 0.410 e. The quantitative estimate of drug-likeness (QED) is 0.0293. The summed E-state index contributed by atoms with van der Waals surface area (Å²) >= 11 is 0. The van der Waals surface area contributed by atoms with Crippen LogP contribution < -0.4 is 14.8 Å². The van der Waals surface area contributed by atoms with Gasteiger partial charge in [-0.2, -0.15) is 0 Å². The van der Waals surface area contributed by atoms with Crippen LogP contribution >= 0.6 is 0 Å². The zero-order valence-corrected chi connectivity index (χ0v) is 36.3. The second-order valence-corrected chi connectivity index (χ2v) is 15.8. The SMILES string of the molecule is CCCCCCCCCCOc1cc(C(=O)OC2CN(C(=O)OCc3ccccc3)CC2NC(=O)c2ccc(OCc3ccccc3)cc2)cc(O)c1C(=O)c1c(O)cccc1C(=O)O. The number of esters is 1. The Morgan fingerprint density at radius 3 is 1.97 bits per heavy atom. The summed E-state index contributed by atoms with van der Waals surface area (Å²) in [5.41, 5.74) is 0.258. The van der Waals surface area contributed by atoms with Gasteiger partial charge in [-0.05, 0) is 66.1 Å². The van der Waals surface area contributed by atoms with Gasteiger partial charge in [-0.1, -0.05) is 119 Å². The fourth-order valence-corrected chi connectivity index (χ4v) is 7.45. The Labute approximate surface area is 377 Å². The first-order valence-electron chi connectivity index (χ1n) is 21.9. The highest BCUT2D eigenvalue weighted by atomic mass is 16.6.